The highest BCUT2D eigenvalue weighted by Gasteiger charge is 2.19. The minimum atomic E-state index is -1.21. The highest BCUT2D eigenvalue weighted by molar-refractivity contribution is 6.03. The SMILES string of the molecule is Cl.O=C(O)c1cc(C(=O)O)c(Nc2ccccc2)cc1Nc1ccccc1. The summed E-state index contributed by atoms with van der Waals surface area (Å²) in [6.07, 6.45) is 0. The summed E-state index contributed by atoms with van der Waals surface area (Å²) >= 11 is 0. The highest BCUT2D eigenvalue weighted by atomic mass is 35.5. The monoisotopic (exact) mass is 384 g/mol. The number of rotatable bonds is 6. The van der Waals surface area contributed by atoms with Gasteiger partial charge >= 0.3 is 11.9 Å². The van der Waals surface area contributed by atoms with Crippen LogP contribution in [0.3, 0.4) is 0 Å². The average molecular weight is 385 g/mol. The summed E-state index contributed by atoms with van der Waals surface area (Å²) in [5.74, 6) is -2.42. The Morgan fingerprint density at radius 3 is 1.33 bits per heavy atom. The second-order valence-corrected chi connectivity index (χ2v) is 5.54. The first-order chi connectivity index (χ1) is 12.5. The molecule has 7 heteroatoms. The van der Waals surface area contributed by atoms with Crippen LogP contribution in [0.5, 0.6) is 0 Å². The summed E-state index contributed by atoms with van der Waals surface area (Å²) in [4.78, 5) is 23.2. The Balaban J connectivity index is 0.00000261. The minimum Gasteiger partial charge on any atom is -0.478 e. The fraction of sp³-hybridized carbons (Fsp3) is 0. The first-order valence-electron chi connectivity index (χ1n) is 7.83. The second-order valence-electron chi connectivity index (χ2n) is 5.54. The van der Waals surface area contributed by atoms with E-state index in [1.165, 1.54) is 6.07 Å². The molecule has 0 heterocycles. The van der Waals surface area contributed by atoms with E-state index >= 15 is 0 Å². The van der Waals surface area contributed by atoms with Crippen LogP contribution in [0.4, 0.5) is 22.7 Å². The van der Waals surface area contributed by atoms with Crippen LogP contribution in [0, 0.1) is 0 Å². The topological polar surface area (TPSA) is 98.7 Å². The number of anilines is 4. The number of halogens is 1. The van der Waals surface area contributed by atoms with Gasteiger partial charge in [0.1, 0.15) is 0 Å². The van der Waals surface area contributed by atoms with Crippen LogP contribution >= 0.6 is 12.4 Å². The number of carboxylic acid groups (broad SMARTS) is 2. The summed E-state index contributed by atoms with van der Waals surface area (Å²) in [5.41, 5.74) is 1.75. The summed E-state index contributed by atoms with van der Waals surface area (Å²) in [6, 6.07) is 20.8. The Bertz CT molecular complexity index is 872. The Kier molecular flexibility index (Phi) is 6.41. The maximum absolute atomic E-state index is 11.6. The van der Waals surface area contributed by atoms with Crippen molar-refractivity contribution in [3.63, 3.8) is 0 Å². The van der Waals surface area contributed by atoms with Crippen molar-refractivity contribution in [3.8, 4) is 0 Å². The van der Waals surface area contributed by atoms with Crippen molar-refractivity contribution in [1.29, 1.82) is 0 Å². The van der Waals surface area contributed by atoms with Crippen LogP contribution in [0.25, 0.3) is 0 Å². The molecule has 3 aromatic carbocycles. The molecule has 0 bridgehead atoms. The van der Waals surface area contributed by atoms with Gasteiger partial charge in [-0.1, -0.05) is 36.4 Å². The third-order valence-corrected chi connectivity index (χ3v) is 3.72. The fourth-order valence-corrected chi connectivity index (χ4v) is 2.51. The van der Waals surface area contributed by atoms with E-state index in [4.69, 9.17) is 0 Å². The lowest BCUT2D eigenvalue weighted by molar-refractivity contribution is 0.0696. The molecule has 0 aromatic heterocycles. The normalized spacial score (nSPS) is 9.78. The van der Waals surface area contributed by atoms with E-state index in [1.807, 2.05) is 36.4 Å². The van der Waals surface area contributed by atoms with Crippen molar-refractivity contribution in [2.75, 3.05) is 10.6 Å². The van der Waals surface area contributed by atoms with Gasteiger partial charge in [0.2, 0.25) is 0 Å². The first kappa shape index (κ1) is 19.8. The number of aromatic carboxylic acids is 2. The molecular weight excluding hydrogens is 368 g/mol. The van der Waals surface area contributed by atoms with Gasteiger partial charge in [-0.2, -0.15) is 0 Å². The summed E-state index contributed by atoms with van der Waals surface area (Å²) in [6.45, 7) is 0. The second kappa shape index (κ2) is 8.73. The molecule has 0 aliphatic heterocycles. The fourth-order valence-electron chi connectivity index (χ4n) is 2.51. The van der Waals surface area contributed by atoms with Crippen molar-refractivity contribution >= 4 is 47.1 Å². The van der Waals surface area contributed by atoms with Crippen LogP contribution in [-0.4, -0.2) is 22.2 Å². The summed E-state index contributed by atoms with van der Waals surface area (Å²) in [7, 11) is 0. The zero-order chi connectivity index (χ0) is 18.5. The molecule has 27 heavy (non-hydrogen) atoms. The molecule has 0 saturated heterocycles. The first-order valence-corrected chi connectivity index (χ1v) is 7.83. The number of hydrogen-bond donors (Lipinski definition) is 4. The van der Waals surface area contributed by atoms with Gasteiger partial charge in [-0.05, 0) is 36.4 Å². The Labute approximate surface area is 161 Å². The summed E-state index contributed by atoms with van der Waals surface area (Å²) in [5, 5.41) is 25.0. The van der Waals surface area contributed by atoms with Crippen LogP contribution in [0.1, 0.15) is 20.7 Å². The molecule has 4 N–H and O–H groups in total. The van der Waals surface area contributed by atoms with Crippen molar-refractivity contribution in [1.82, 2.24) is 0 Å². The number of benzene rings is 3. The van der Waals surface area contributed by atoms with Crippen molar-refractivity contribution in [2.45, 2.75) is 0 Å². The molecule has 6 nitrogen and oxygen atoms in total. The molecule has 0 amide bonds. The molecule has 0 aliphatic carbocycles. The lowest BCUT2D eigenvalue weighted by atomic mass is 10.0. The average Bonchev–Trinajstić information content (AvgIpc) is 2.63. The molecule has 0 saturated carbocycles. The van der Waals surface area contributed by atoms with Crippen LogP contribution in [-0.2, 0) is 0 Å². The van der Waals surface area contributed by atoms with Gasteiger partial charge in [0.15, 0.2) is 0 Å². The van der Waals surface area contributed by atoms with Crippen molar-refractivity contribution < 1.29 is 19.8 Å². The minimum absolute atomic E-state index is 0. The molecule has 0 atom stereocenters. The third kappa shape index (κ3) is 4.77. The Morgan fingerprint density at radius 2 is 1.00 bits per heavy atom. The molecule has 0 spiro atoms. The molecular formula is C20H17ClN2O4. The van der Waals surface area contributed by atoms with E-state index in [9.17, 15) is 19.8 Å². The van der Waals surface area contributed by atoms with Gasteiger partial charge in [-0.25, -0.2) is 9.59 Å². The van der Waals surface area contributed by atoms with Crippen molar-refractivity contribution in [3.05, 3.63) is 83.9 Å². The van der Waals surface area contributed by atoms with Gasteiger partial charge in [0, 0.05) is 11.4 Å². The maximum atomic E-state index is 11.6. The number of hydrogen-bond acceptors (Lipinski definition) is 4. The zero-order valence-electron chi connectivity index (χ0n) is 14.0. The number of para-hydroxylation sites is 2. The smallest absolute Gasteiger partial charge is 0.337 e. The Hall–Kier alpha value is -3.51. The third-order valence-electron chi connectivity index (χ3n) is 3.72. The number of carboxylic acids is 2. The predicted octanol–water partition coefficient (Wildman–Crippen LogP) is 4.99. The molecule has 0 fully saturated rings. The highest BCUT2D eigenvalue weighted by Crippen LogP contribution is 2.30. The Morgan fingerprint density at radius 1 is 0.630 bits per heavy atom. The van der Waals surface area contributed by atoms with Gasteiger partial charge in [-0.15, -0.1) is 12.4 Å². The number of nitrogens with one attached hydrogen (secondary N) is 2. The van der Waals surface area contributed by atoms with Gasteiger partial charge < -0.3 is 20.8 Å². The standard InChI is InChI=1S/C20H16N2O4.ClH/c23-19(24)15-11-16(20(25)26)18(22-14-9-5-2-6-10-14)12-17(15)21-13-7-3-1-4-8-13;/h1-12,21-22H,(H,23,24)(H,25,26);1H. The van der Waals surface area contributed by atoms with Crippen molar-refractivity contribution in [2.24, 2.45) is 0 Å². The molecule has 0 radical (unpaired) electrons. The lowest BCUT2D eigenvalue weighted by Gasteiger charge is -2.15. The molecule has 3 rings (SSSR count). The molecule has 3 aromatic rings. The van der Waals surface area contributed by atoms with E-state index < -0.39 is 11.9 Å². The zero-order valence-corrected chi connectivity index (χ0v) is 14.9. The lowest BCUT2D eigenvalue weighted by Crippen LogP contribution is -2.09. The maximum Gasteiger partial charge on any atom is 0.337 e. The van der Waals surface area contributed by atoms with Gasteiger partial charge in [0.05, 0.1) is 22.5 Å². The van der Waals surface area contributed by atoms with Crippen LogP contribution in [0.15, 0.2) is 72.8 Å². The molecule has 0 unspecified atom stereocenters. The largest absolute Gasteiger partial charge is 0.478 e. The van der Waals surface area contributed by atoms with E-state index in [1.54, 1.807) is 24.3 Å². The van der Waals surface area contributed by atoms with E-state index in [0.29, 0.717) is 22.7 Å². The number of carbonyl (C=O) groups is 2. The predicted molar refractivity (Wildman–Crippen MR) is 107 cm³/mol. The van der Waals surface area contributed by atoms with Gasteiger partial charge in [-0.3, -0.25) is 0 Å². The van der Waals surface area contributed by atoms with E-state index in [-0.39, 0.29) is 23.5 Å². The van der Waals surface area contributed by atoms with E-state index in [2.05, 4.69) is 10.6 Å². The van der Waals surface area contributed by atoms with Crippen LogP contribution < -0.4 is 10.6 Å². The van der Waals surface area contributed by atoms with Crippen LogP contribution in [0.2, 0.25) is 0 Å². The quantitative estimate of drug-likeness (QED) is 0.477. The summed E-state index contributed by atoms with van der Waals surface area (Å²) < 4.78 is 0. The molecule has 138 valence electrons. The molecule has 0 aliphatic rings. The van der Waals surface area contributed by atoms with E-state index in [0.717, 1.165) is 6.07 Å². The van der Waals surface area contributed by atoms with Gasteiger partial charge in [0.25, 0.3) is 0 Å².